The molecule has 0 spiro atoms. The summed E-state index contributed by atoms with van der Waals surface area (Å²) in [5.41, 5.74) is 6.74. The maximum atomic E-state index is 11.6. The van der Waals surface area contributed by atoms with Crippen LogP contribution < -0.4 is 11.1 Å². The number of hydrogen-bond donors (Lipinski definition) is 2. The van der Waals surface area contributed by atoms with Crippen LogP contribution >= 0.6 is 0 Å². The highest BCUT2D eigenvalue weighted by Gasteiger charge is 2.22. The summed E-state index contributed by atoms with van der Waals surface area (Å²) < 4.78 is 5.56. The van der Waals surface area contributed by atoms with Gasteiger partial charge in [0.25, 0.3) is 0 Å². The summed E-state index contributed by atoms with van der Waals surface area (Å²) in [5, 5.41) is 3.26. The quantitative estimate of drug-likeness (QED) is 0.798. The molecule has 3 unspecified atom stereocenters. The second-order valence-corrected chi connectivity index (χ2v) is 5.55. The van der Waals surface area contributed by atoms with Crippen LogP contribution in [0.3, 0.4) is 0 Å². The largest absolute Gasteiger partial charge is 0.377 e. The molecule has 1 aliphatic heterocycles. The third-order valence-electron chi connectivity index (χ3n) is 3.92. The van der Waals surface area contributed by atoms with Crippen molar-refractivity contribution in [1.29, 1.82) is 0 Å². The molecule has 1 aliphatic rings. The Morgan fingerprint density at radius 2 is 2.20 bits per heavy atom. The SMILES string of the molecule is CC(CC(NCC1CCCO1)C(N)=O)c1ccccc1. The number of nitrogens with one attached hydrogen (secondary N) is 1. The lowest BCUT2D eigenvalue weighted by Gasteiger charge is -2.21. The first-order valence-corrected chi connectivity index (χ1v) is 7.36. The molecule has 1 aromatic rings. The molecular formula is C16H24N2O2. The third-order valence-corrected chi connectivity index (χ3v) is 3.92. The van der Waals surface area contributed by atoms with Crippen LogP contribution in [0.15, 0.2) is 30.3 Å². The fourth-order valence-corrected chi connectivity index (χ4v) is 2.65. The Balaban J connectivity index is 1.86. The van der Waals surface area contributed by atoms with E-state index < -0.39 is 0 Å². The lowest BCUT2D eigenvalue weighted by atomic mass is 9.93. The second-order valence-electron chi connectivity index (χ2n) is 5.55. The first kappa shape index (κ1) is 15.0. The molecule has 0 saturated carbocycles. The van der Waals surface area contributed by atoms with E-state index in [9.17, 15) is 4.79 Å². The van der Waals surface area contributed by atoms with Crippen LogP contribution in [0.2, 0.25) is 0 Å². The number of nitrogens with two attached hydrogens (primary N) is 1. The Morgan fingerprint density at radius 3 is 2.80 bits per heavy atom. The van der Waals surface area contributed by atoms with E-state index in [0.29, 0.717) is 18.9 Å². The van der Waals surface area contributed by atoms with Crippen LogP contribution in [0.4, 0.5) is 0 Å². The summed E-state index contributed by atoms with van der Waals surface area (Å²) in [7, 11) is 0. The van der Waals surface area contributed by atoms with Crippen LogP contribution in [-0.2, 0) is 9.53 Å². The summed E-state index contributed by atoms with van der Waals surface area (Å²) in [6.07, 6.45) is 3.11. The lowest BCUT2D eigenvalue weighted by molar-refractivity contribution is -0.120. The van der Waals surface area contributed by atoms with Crippen LogP contribution in [-0.4, -0.2) is 31.2 Å². The minimum Gasteiger partial charge on any atom is -0.377 e. The van der Waals surface area contributed by atoms with Gasteiger partial charge in [-0.05, 0) is 30.7 Å². The van der Waals surface area contributed by atoms with Crippen molar-refractivity contribution >= 4 is 5.91 Å². The van der Waals surface area contributed by atoms with E-state index in [4.69, 9.17) is 10.5 Å². The van der Waals surface area contributed by atoms with E-state index in [-0.39, 0.29) is 18.1 Å². The normalized spacial score (nSPS) is 21.6. The number of rotatable bonds is 7. The molecule has 110 valence electrons. The highest BCUT2D eigenvalue weighted by Crippen LogP contribution is 2.20. The van der Waals surface area contributed by atoms with Gasteiger partial charge < -0.3 is 15.8 Å². The van der Waals surface area contributed by atoms with E-state index in [1.807, 2.05) is 18.2 Å². The van der Waals surface area contributed by atoms with E-state index in [1.165, 1.54) is 5.56 Å². The van der Waals surface area contributed by atoms with Crippen molar-refractivity contribution in [2.75, 3.05) is 13.2 Å². The molecule has 1 saturated heterocycles. The summed E-state index contributed by atoms with van der Waals surface area (Å²) in [4.78, 5) is 11.6. The minimum absolute atomic E-state index is 0.226. The molecule has 1 heterocycles. The Morgan fingerprint density at radius 1 is 1.45 bits per heavy atom. The second kappa shape index (κ2) is 7.41. The minimum atomic E-state index is -0.297. The molecule has 0 aliphatic carbocycles. The summed E-state index contributed by atoms with van der Waals surface area (Å²) >= 11 is 0. The molecule has 3 N–H and O–H groups in total. The van der Waals surface area contributed by atoms with Gasteiger partial charge in [-0.1, -0.05) is 37.3 Å². The maximum absolute atomic E-state index is 11.6. The van der Waals surface area contributed by atoms with Gasteiger partial charge in [0.05, 0.1) is 12.1 Å². The Kier molecular flexibility index (Phi) is 5.56. The number of primary amides is 1. The van der Waals surface area contributed by atoms with Crippen molar-refractivity contribution in [3.05, 3.63) is 35.9 Å². The number of hydrogen-bond acceptors (Lipinski definition) is 3. The van der Waals surface area contributed by atoms with E-state index in [2.05, 4.69) is 24.4 Å². The summed E-state index contributed by atoms with van der Waals surface area (Å²) in [6.45, 7) is 3.65. The van der Waals surface area contributed by atoms with Gasteiger partial charge in [-0.2, -0.15) is 0 Å². The molecule has 1 amide bonds. The standard InChI is InChI=1S/C16H24N2O2/c1-12(13-6-3-2-4-7-13)10-15(16(17)19)18-11-14-8-5-9-20-14/h2-4,6-7,12,14-15,18H,5,8-11H2,1H3,(H2,17,19). The zero-order valence-electron chi connectivity index (χ0n) is 12.0. The van der Waals surface area contributed by atoms with Gasteiger partial charge in [-0.15, -0.1) is 0 Å². The summed E-state index contributed by atoms with van der Waals surface area (Å²) in [5.74, 6) is 0.0106. The average molecular weight is 276 g/mol. The summed E-state index contributed by atoms with van der Waals surface area (Å²) in [6, 6.07) is 9.91. The highest BCUT2D eigenvalue weighted by atomic mass is 16.5. The number of carbonyl (C=O) groups is 1. The zero-order valence-corrected chi connectivity index (χ0v) is 12.0. The van der Waals surface area contributed by atoms with Gasteiger partial charge >= 0.3 is 0 Å². The number of ether oxygens (including phenoxy) is 1. The van der Waals surface area contributed by atoms with Crippen LogP contribution in [0, 0.1) is 0 Å². The van der Waals surface area contributed by atoms with Gasteiger partial charge in [0.2, 0.25) is 5.91 Å². The van der Waals surface area contributed by atoms with Crippen molar-refractivity contribution in [3.8, 4) is 0 Å². The molecule has 0 radical (unpaired) electrons. The van der Waals surface area contributed by atoms with E-state index in [1.54, 1.807) is 0 Å². The predicted molar refractivity (Wildman–Crippen MR) is 79.4 cm³/mol. The smallest absolute Gasteiger partial charge is 0.234 e. The van der Waals surface area contributed by atoms with E-state index in [0.717, 1.165) is 19.4 Å². The monoisotopic (exact) mass is 276 g/mol. The molecule has 0 aromatic heterocycles. The molecule has 4 nitrogen and oxygen atoms in total. The fourth-order valence-electron chi connectivity index (χ4n) is 2.65. The first-order valence-electron chi connectivity index (χ1n) is 7.36. The topological polar surface area (TPSA) is 64.3 Å². The third kappa shape index (κ3) is 4.32. The Hall–Kier alpha value is -1.39. The molecule has 20 heavy (non-hydrogen) atoms. The van der Waals surface area contributed by atoms with Gasteiger partial charge in [-0.25, -0.2) is 0 Å². The molecule has 1 fully saturated rings. The zero-order chi connectivity index (χ0) is 14.4. The molecule has 1 aromatic carbocycles. The first-order chi connectivity index (χ1) is 9.66. The predicted octanol–water partition coefficient (Wildman–Crippen LogP) is 1.80. The van der Waals surface area contributed by atoms with Gasteiger partial charge in [0, 0.05) is 13.2 Å². The van der Waals surface area contributed by atoms with Crippen molar-refractivity contribution in [3.63, 3.8) is 0 Å². The van der Waals surface area contributed by atoms with Crippen LogP contribution in [0.25, 0.3) is 0 Å². The van der Waals surface area contributed by atoms with Crippen LogP contribution in [0.1, 0.15) is 37.7 Å². The van der Waals surface area contributed by atoms with Gasteiger partial charge in [-0.3, -0.25) is 4.79 Å². The van der Waals surface area contributed by atoms with Crippen molar-refractivity contribution in [1.82, 2.24) is 5.32 Å². The number of benzene rings is 1. The Bertz CT molecular complexity index is 416. The van der Waals surface area contributed by atoms with Crippen molar-refractivity contribution < 1.29 is 9.53 Å². The highest BCUT2D eigenvalue weighted by molar-refractivity contribution is 5.79. The van der Waals surface area contributed by atoms with E-state index >= 15 is 0 Å². The Labute approximate surface area is 120 Å². The average Bonchev–Trinajstić information content (AvgIpc) is 2.97. The molecule has 4 heteroatoms. The molecular weight excluding hydrogens is 252 g/mol. The van der Waals surface area contributed by atoms with Crippen LogP contribution in [0.5, 0.6) is 0 Å². The van der Waals surface area contributed by atoms with Crippen molar-refractivity contribution in [2.45, 2.75) is 44.2 Å². The number of carbonyl (C=O) groups excluding carboxylic acids is 1. The van der Waals surface area contributed by atoms with Gasteiger partial charge in [0.1, 0.15) is 0 Å². The molecule has 2 rings (SSSR count). The van der Waals surface area contributed by atoms with Crippen molar-refractivity contribution in [2.24, 2.45) is 5.73 Å². The molecule has 0 bridgehead atoms. The fraction of sp³-hybridized carbons (Fsp3) is 0.562. The van der Waals surface area contributed by atoms with Gasteiger partial charge in [0.15, 0.2) is 0 Å². The molecule has 3 atom stereocenters. The lowest BCUT2D eigenvalue weighted by Crippen LogP contribution is -2.45. The maximum Gasteiger partial charge on any atom is 0.234 e. The number of amides is 1.